The third kappa shape index (κ3) is 5.22. The van der Waals surface area contributed by atoms with E-state index in [1.54, 1.807) is 32.8 Å². The van der Waals surface area contributed by atoms with Crippen LogP contribution in [-0.2, 0) is 11.3 Å². The number of benzene rings is 2. The van der Waals surface area contributed by atoms with Gasteiger partial charge in [0.15, 0.2) is 0 Å². The van der Waals surface area contributed by atoms with Gasteiger partial charge in [-0.3, -0.25) is 14.7 Å². The Bertz CT molecular complexity index is 1420. The highest BCUT2D eigenvalue weighted by atomic mass is 16.5. The molecule has 0 N–H and O–H groups in total. The standard InChI is InChI=1S/C30H31N3O4/c1-21(15-30(34)33-13-11-32(12-14-33)19-22-7-6-10-31-18-22)24-16-25-26(20-37-29(25)17-28(24)36-3)23-8-4-5-9-27(23)35-2/h4-10,15-18,20H,11-14,19H2,1-3H3/b21-15+. The molecular weight excluding hydrogens is 466 g/mol. The number of carbonyl (C=O) groups is 1. The van der Waals surface area contributed by atoms with E-state index in [0.29, 0.717) is 24.4 Å². The van der Waals surface area contributed by atoms with E-state index in [0.717, 1.165) is 53.0 Å². The van der Waals surface area contributed by atoms with Crippen molar-refractivity contribution in [3.63, 3.8) is 0 Å². The molecule has 2 aromatic heterocycles. The van der Waals surface area contributed by atoms with Gasteiger partial charge in [0, 0.05) is 79.3 Å². The van der Waals surface area contributed by atoms with Crippen molar-refractivity contribution in [1.82, 2.24) is 14.8 Å². The van der Waals surface area contributed by atoms with Crippen molar-refractivity contribution in [3.05, 3.63) is 84.4 Å². The van der Waals surface area contributed by atoms with E-state index in [1.807, 2.05) is 60.5 Å². The number of aromatic nitrogens is 1. The maximum atomic E-state index is 13.2. The zero-order valence-corrected chi connectivity index (χ0v) is 21.4. The molecule has 2 aromatic carbocycles. The topological polar surface area (TPSA) is 68.0 Å². The lowest BCUT2D eigenvalue weighted by Gasteiger charge is -2.34. The van der Waals surface area contributed by atoms with Gasteiger partial charge in [-0.15, -0.1) is 0 Å². The molecule has 0 bridgehead atoms. The fraction of sp³-hybridized carbons (Fsp3) is 0.267. The normalized spacial score (nSPS) is 14.7. The molecule has 3 heterocycles. The Hall–Kier alpha value is -4.10. The summed E-state index contributed by atoms with van der Waals surface area (Å²) in [5.74, 6) is 1.45. The van der Waals surface area contributed by atoms with Crippen LogP contribution in [0.3, 0.4) is 0 Å². The molecule has 190 valence electrons. The summed E-state index contributed by atoms with van der Waals surface area (Å²) in [7, 11) is 3.29. The molecule has 0 atom stereocenters. The fourth-order valence-corrected chi connectivity index (χ4v) is 4.84. The minimum absolute atomic E-state index is 0.0119. The van der Waals surface area contributed by atoms with Crippen LogP contribution in [-0.4, -0.2) is 61.1 Å². The van der Waals surface area contributed by atoms with Crippen molar-refractivity contribution >= 4 is 22.4 Å². The number of amides is 1. The summed E-state index contributed by atoms with van der Waals surface area (Å²) < 4.78 is 17.1. The lowest BCUT2D eigenvalue weighted by atomic mass is 9.98. The van der Waals surface area contributed by atoms with Crippen LogP contribution in [0.4, 0.5) is 0 Å². The number of nitrogens with zero attached hydrogens (tertiary/aromatic N) is 3. The van der Waals surface area contributed by atoms with E-state index >= 15 is 0 Å². The molecule has 1 fully saturated rings. The molecule has 0 spiro atoms. The molecule has 1 aliphatic rings. The van der Waals surface area contributed by atoms with Gasteiger partial charge in [0.25, 0.3) is 0 Å². The number of furan rings is 1. The van der Waals surface area contributed by atoms with Gasteiger partial charge in [-0.05, 0) is 36.3 Å². The number of hydrogen-bond acceptors (Lipinski definition) is 6. The molecule has 7 heteroatoms. The van der Waals surface area contributed by atoms with Crippen molar-refractivity contribution in [2.75, 3.05) is 40.4 Å². The summed E-state index contributed by atoms with van der Waals surface area (Å²) in [5, 5.41) is 0.935. The number of methoxy groups -OCH3 is 2. The molecule has 1 amide bonds. The van der Waals surface area contributed by atoms with Gasteiger partial charge in [0.05, 0.1) is 20.5 Å². The van der Waals surface area contributed by atoms with Gasteiger partial charge in [0.2, 0.25) is 5.91 Å². The van der Waals surface area contributed by atoms with Crippen LogP contribution in [0.1, 0.15) is 18.1 Å². The van der Waals surface area contributed by atoms with Crippen molar-refractivity contribution in [1.29, 1.82) is 0 Å². The number of rotatable bonds is 7. The van der Waals surface area contributed by atoms with Gasteiger partial charge >= 0.3 is 0 Å². The number of pyridine rings is 1. The first-order chi connectivity index (χ1) is 18.1. The highest BCUT2D eigenvalue weighted by Crippen LogP contribution is 2.40. The van der Waals surface area contributed by atoms with Crippen LogP contribution < -0.4 is 9.47 Å². The average Bonchev–Trinajstić information content (AvgIpc) is 3.35. The van der Waals surface area contributed by atoms with Gasteiger partial charge in [-0.25, -0.2) is 0 Å². The number of hydrogen-bond donors (Lipinski definition) is 0. The molecule has 0 unspecified atom stereocenters. The predicted molar refractivity (Wildman–Crippen MR) is 144 cm³/mol. The second kappa shape index (κ2) is 10.9. The first kappa shape index (κ1) is 24.6. The van der Waals surface area contributed by atoms with Crippen LogP contribution in [0.15, 0.2) is 77.7 Å². The lowest BCUT2D eigenvalue weighted by molar-refractivity contribution is -0.127. The second-order valence-electron chi connectivity index (χ2n) is 9.19. The first-order valence-electron chi connectivity index (χ1n) is 12.4. The van der Waals surface area contributed by atoms with E-state index in [1.165, 1.54) is 5.56 Å². The molecular formula is C30H31N3O4. The average molecular weight is 498 g/mol. The van der Waals surface area contributed by atoms with Gasteiger partial charge in [0.1, 0.15) is 17.1 Å². The highest BCUT2D eigenvalue weighted by Gasteiger charge is 2.21. The summed E-state index contributed by atoms with van der Waals surface area (Å²) in [5.41, 5.74) is 5.48. The summed E-state index contributed by atoms with van der Waals surface area (Å²) in [6.07, 6.45) is 7.13. The Kier molecular flexibility index (Phi) is 7.23. The van der Waals surface area contributed by atoms with E-state index in [-0.39, 0.29) is 5.91 Å². The van der Waals surface area contributed by atoms with E-state index in [2.05, 4.69) is 16.0 Å². The maximum absolute atomic E-state index is 13.2. The Labute approximate surface area is 216 Å². The summed E-state index contributed by atoms with van der Waals surface area (Å²) in [6, 6.07) is 15.8. The zero-order valence-electron chi connectivity index (χ0n) is 21.4. The number of piperazine rings is 1. The Morgan fingerprint density at radius 3 is 2.51 bits per heavy atom. The monoisotopic (exact) mass is 497 g/mol. The number of fused-ring (bicyclic) bond motifs is 1. The molecule has 1 saturated heterocycles. The lowest BCUT2D eigenvalue weighted by Crippen LogP contribution is -2.47. The largest absolute Gasteiger partial charge is 0.496 e. The third-order valence-corrected chi connectivity index (χ3v) is 6.87. The number of para-hydroxylation sites is 1. The van der Waals surface area contributed by atoms with Gasteiger partial charge < -0.3 is 18.8 Å². The molecule has 37 heavy (non-hydrogen) atoms. The van der Waals surface area contributed by atoms with Gasteiger partial charge in [-0.1, -0.05) is 24.3 Å². The second-order valence-corrected chi connectivity index (χ2v) is 9.19. The third-order valence-electron chi connectivity index (χ3n) is 6.87. The van der Waals surface area contributed by atoms with Gasteiger partial charge in [-0.2, -0.15) is 0 Å². The molecule has 4 aromatic rings. The minimum atomic E-state index is 0.0119. The van der Waals surface area contributed by atoms with Crippen molar-refractivity contribution in [3.8, 4) is 22.6 Å². The van der Waals surface area contributed by atoms with Crippen LogP contribution in [0.5, 0.6) is 11.5 Å². The summed E-state index contributed by atoms with van der Waals surface area (Å²) >= 11 is 0. The van der Waals surface area contributed by atoms with Crippen LogP contribution in [0.2, 0.25) is 0 Å². The van der Waals surface area contributed by atoms with Crippen LogP contribution in [0, 0.1) is 0 Å². The van der Waals surface area contributed by atoms with E-state index in [9.17, 15) is 4.79 Å². The minimum Gasteiger partial charge on any atom is -0.496 e. The maximum Gasteiger partial charge on any atom is 0.246 e. The van der Waals surface area contributed by atoms with Crippen LogP contribution in [0.25, 0.3) is 27.7 Å². The molecule has 0 saturated carbocycles. The summed E-state index contributed by atoms with van der Waals surface area (Å²) in [4.78, 5) is 21.6. The highest BCUT2D eigenvalue weighted by molar-refractivity contribution is 6.01. The number of allylic oxidation sites excluding steroid dienone is 1. The van der Waals surface area contributed by atoms with Crippen molar-refractivity contribution in [2.45, 2.75) is 13.5 Å². The first-order valence-corrected chi connectivity index (χ1v) is 12.4. The molecule has 1 aliphatic heterocycles. The fourth-order valence-electron chi connectivity index (χ4n) is 4.84. The zero-order chi connectivity index (χ0) is 25.8. The molecule has 0 aliphatic carbocycles. The molecule has 5 rings (SSSR count). The number of carbonyl (C=O) groups excluding carboxylic acids is 1. The van der Waals surface area contributed by atoms with E-state index < -0.39 is 0 Å². The molecule has 0 radical (unpaired) electrons. The smallest absolute Gasteiger partial charge is 0.246 e. The Balaban J connectivity index is 1.36. The SMILES string of the molecule is COc1cc2occ(-c3ccccc3OC)c2cc1/C(C)=C/C(=O)N1CCN(Cc2cccnc2)CC1. The molecule has 7 nitrogen and oxygen atoms in total. The van der Waals surface area contributed by atoms with Crippen molar-refractivity contribution < 1.29 is 18.7 Å². The van der Waals surface area contributed by atoms with Crippen molar-refractivity contribution in [2.24, 2.45) is 0 Å². The quantitative estimate of drug-likeness (QED) is 0.325. The number of ether oxygens (including phenoxy) is 2. The Morgan fingerprint density at radius 2 is 1.78 bits per heavy atom. The Morgan fingerprint density at radius 1 is 1.00 bits per heavy atom. The van der Waals surface area contributed by atoms with E-state index in [4.69, 9.17) is 13.9 Å². The predicted octanol–water partition coefficient (Wildman–Crippen LogP) is 5.26. The summed E-state index contributed by atoms with van der Waals surface area (Å²) in [6.45, 7) is 5.85. The van der Waals surface area contributed by atoms with Crippen LogP contribution >= 0.6 is 0 Å².